The van der Waals surface area contributed by atoms with Crippen molar-refractivity contribution in [2.24, 2.45) is 11.8 Å². The van der Waals surface area contributed by atoms with Gasteiger partial charge in [-0.2, -0.15) is 0 Å². The predicted molar refractivity (Wildman–Crippen MR) is 136 cm³/mol. The number of carbonyl (C=O) groups excluding carboxylic acids is 1. The summed E-state index contributed by atoms with van der Waals surface area (Å²) in [5.41, 5.74) is 2.35. The van der Waals surface area contributed by atoms with Crippen LogP contribution in [0, 0.1) is 17.7 Å². The van der Waals surface area contributed by atoms with Gasteiger partial charge in [-0.15, -0.1) is 0 Å². The molecule has 1 aromatic carbocycles. The molecule has 194 valence electrons. The first-order chi connectivity index (χ1) is 17.9. The number of halogens is 3. The zero-order valence-corrected chi connectivity index (χ0v) is 21.8. The number of benzene rings is 1. The topological polar surface area (TPSA) is 77.7 Å². The normalized spacial score (nSPS) is 22.9. The molecule has 3 heterocycles. The number of fused-ring (bicyclic) bond motifs is 1. The molecule has 10 heteroatoms. The second kappa shape index (κ2) is 9.89. The lowest BCUT2D eigenvalue weighted by molar-refractivity contribution is 0.0402. The lowest BCUT2D eigenvalue weighted by Crippen LogP contribution is -2.25. The number of hydrogen-bond donors (Lipinski definition) is 0. The zero-order chi connectivity index (χ0) is 25.7. The highest BCUT2D eigenvalue weighted by molar-refractivity contribution is 6.39. The third-order valence-corrected chi connectivity index (χ3v) is 8.31. The first-order valence-corrected chi connectivity index (χ1v) is 13.2. The number of anilines is 1. The molecular weight excluding hydrogens is 520 g/mol. The number of methoxy groups -OCH3 is 1. The number of ether oxygens (including phenoxy) is 2. The van der Waals surface area contributed by atoms with E-state index >= 15 is 0 Å². The first kappa shape index (κ1) is 24.6. The summed E-state index contributed by atoms with van der Waals surface area (Å²) >= 11 is 12.9. The molecule has 2 aromatic heterocycles. The van der Waals surface area contributed by atoms with E-state index in [9.17, 15) is 9.18 Å². The second-order valence-corrected chi connectivity index (χ2v) is 10.9. The van der Waals surface area contributed by atoms with Crippen molar-refractivity contribution < 1.29 is 23.2 Å². The molecular formula is C27H26Cl2FN3O4. The Kier molecular flexibility index (Phi) is 6.59. The molecule has 3 aromatic rings. The smallest absolute Gasteiger partial charge is 0.339 e. The van der Waals surface area contributed by atoms with Crippen LogP contribution in [-0.2, 0) is 16.1 Å². The van der Waals surface area contributed by atoms with E-state index in [0.717, 1.165) is 37.0 Å². The van der Waals surface area contributed by atoms with Crippen LogP contribution in [0.3, 0.4) is 0 Å². The lowest BCUT2D eigenvalue weighted by Gasteiger charge is -2.21. The van der Waals surface area contributed by atoms with Gasteiger partial charge < -0.3 is 18.9 Å². The van der Waals surface area contributed by atoms with Gasteiger partial charge in [-0.25, -0.2) is 14.2 Å². The Morgan fingerprint density at radius 3 is 2.51 bits per heavy atom. The van der Waals surface area contributed by atoms with E-state index < -0.39 is 11.8 Å². The Balaban J connectivity index is 1.12. The Hall–Kier alpha value is -2.68. The van der Waals surface area contributed by atoms with Crippen LogP contribution >= 0.6 is 23.2 Å². The third-order valence-electron chi connectivity index (χ3n) is 7.68. The number of nitrogens with zero attached hydrogens (tertiary/aromatic N) is 3. The van der Waals surface area contributed by atoms with Crippen LogP contribution in [-0.4, -0.2) is 42.4 Å². The molecule has 2 aliphatic carbocycles. The van der Waals surface area contributed by atoms with Crippen LogP contribution in [0.2, 0.25) is 10.0 Å². The van der Waals surface area contributed by atoms with Gasteiger partial charge in [0, 0.05) is 36.3 Å². The highest BCUT2D eigenvalue weighted by atomic mass is 35.5. The monoisotopic (exact) mass is 545 g/mol. The van der Waals surface area contributed by atoms with Gasteiger partial charge in [0.15, 0.2) is 11.6 Å². The summed E-state index contributed by atoms with van der Waals surface area (Å²) in [4.78, 5) is 17.8. The summed E-state index contributed by atoms with van der Waals surface area (Å²) in [7, 11) is 1.26. The molecule has 3 aliphatic rings. The van der Waals surface area contributed by atoms with Gasteiger partial charge in [0.05, 0.1) is 35.4 Å². The number of hydrogen-bond acceptors (Lipinski definition) is 7. The van der Waals surface area contributed by atoms with Crippen molar-refractivity contribution in [3.63, 3.8) is 0 Å². The Morgan fingerprint density at radius 2 is 1.89 bits per heavy atom. The molecule has 1 aliphatic heterocycles. The SMILES string of the molecule is COC(=O)c1cnc(N2C[C@H]3C[C@H](OCc4c(-c5c(Cl)cccc5Cl)noc4C4CC4)C[C@H]3C2)c(F)c1. The maximum atomic E-state index is 14.7. The molecule has 1 saturated heterocycles. The molecule has 6 rings (SSSR count). The van der Waals surface area contributed by atoms with E-state index in [-0.39, 0.29) is 17.5 Å². The maximum Gasteiger partial charge on any atom is 0.339 e. The summed E-state index contributed by atoms with van der Waals surface area (Å²) in [6.45, 7) is 1.78. The number of esters is 1. The van der Waals surface area contributed by atoms with Gasteiger partial charge in [0.1, 0.15) is 11.5 Å². The molecule has 0 unspecified atom stereocenters. The summed E-state index contributed by atoms with van der Waals surface area (Å²) in [5.74, 6) is 1.16. The van der Waals surface area contributed by atoms with Gasteiger partial charge in [-0.05, 0) is 55.7 Å². The lowest BCUT2D eigenvalue weighted by atomic mass is 10.0. The molecule has 2 saturated carbocycles. The average Bonchev–Trinajstić information content (AvgIpc) is 3.35. The van der Waals surface area contributed by atoms with Gasteiger partial charge >= 0.3 is 5.97 Å². The van der Waals surface area contributed by atoms with E-state index in [0.29, 0.717) is 58.8 Å². The number of pyridine rings is 1. The molecule has 3 fully saturated rings. The summed E-state index contributed by atoms with van der Waals surface area (Å²) < 4.78 is 31.5. The summed E-state index contributed by atoms with van der Waals surface area (Å²) in [6, 6.07) is 6.59. The fourth-order valence-electron chi connectivity index (χ4n) is 5.70. The molecule has 0 N–H and O–H groups in total. The average molecular weight is 546 g/mol. The van der Waals surface area contributed by atoms with E-state index in [1.54, 1.807) is 12.1 Å². The van der Waals surface area contributed by atoms with Crippen LogP contribution in [0.25, 0.3) is 11.3 Å². The van der Waals surface area contributed by atoms with E-state index in [2.05, 4.69) is 14.9 Å². The number of rotatable bonds is 7. The van der Waals surface area contributed by atoms with Gasteiger partial charge in [0.2, 0.25) is 0 Å². The van der Waals surface area contributed by atoms with Crippen molar-refractivity contribution >= 4 is 35.0 Å². The van der Waals surface area contributed by atoms with Crippen molar-refractivity contribution in [2.75, 3.05) is 25.1 Å². The minimum Gasteiger partial charge on any atom is -0.465 e. The van der Waals surface area contributed by atoms with Crippen LogP contribution in [0.5, 0.6) is 0 Å². The minimum absolute atomic E-state index is 0.0909. The summed E-state index contributed by atoms with van der Waals surface area (Å²) in [5, 5.41) is 5.40. The summed E-state index contributed by atoms with van der Waals surface area (Å²) in [6.07, 6.45) is 5.38. The van der Waals surface area contributed by atoms with Crippen LogP contribution < -0.4 is 4.90 Å². The molecule has 7 nitrogen and oxygen atoms in total. The third kappa shape index (κ3) is 4.71. The highest BCUT2D eigenvalue weighted by Gasteiger charge is 2.43. The number of carbonyl (C=O) groups is 1. The zero-order valence-electron chi connectivity index (χ0n) is 20.3. The quantitative estimate of drug-likeness (QED) is 0.323. The van der Waals surface area contributed by atoms with Crippen LogP contribution in [0.1, 0.15) is 53.3 Å². The van der Waals surface area contributed by atoms with Crippen molar-refractivity contribution in [1.82, 2.24) is 10.1 Å². The number of aromatic nitrogens is 2. The Bertz CT molecular complexity index is 1310. The molecule has 37 heavy (non-hydrogen) atoms. The molecule has 0 radical (unpaired) electrons. The molecule has 0 spiro atoms. The van der Waals surface area contributed by atoms with E-state index in [1.807, 2.05) is 11.0 Å². The van der Waals surface area contributed by atoms with E-state index in [4.69, 9.17) is 32.5 Å². The van der Waals surface area contributed by atoms with Crippen molar-refractivity contribution in [2.45, 2.75) is 44.3 Å². The second-order valence-electron chi connectivity index (χ2n) is 10.1. The fourth-order valence-corrected chi connectivity index (χ4v) is 6.27. The van der Waals surface area contributed by atoms with Gasteiger partial charge in [0.25, 0.3) is 0 Å². The molecule has 0 amide bonds. The van der Waals surface area contributed by atoms with Crippen LogP contribution in [0.4, 0.5) is 10.2 Å². The van der Waals surface area contributed by atoms with Gasteiger partial charge in [-0.1, -0.05) is 34.4 Å². The molecule has 0 bridgehead atoms. The highest BCUT2D eigenvalue weighted by Crippen LogP contribution is 2.47. The van der Waals surface area contributed by atoms with Crippen LogP contribution in [0.15, 0.2) is 35.0 Å². The standard InChI is InChI=1S/C27H26Cl2FN3O4/c1-35-27(34)15-9-22(30)26(31-10-15)33-11-16-7-18(8-17(16)12-33)36-13-19-24(32-37-25(19)14-5-6-14)23-20(28)3-2-4-21(23)29/h2-4,9-10,14,16-18H,5-8,11-13H2,1H3/t16-,17+,18+. The van der Waals surface area contributed by atoms with E-state index in [1.165, 1.54) is 19.4 Å². The predicted octanol–water partition coefficient (Wildman–Crippen LogP) is 6.28. The largest absolute Gasteiger partial charge is 0.465 e. The Morgan fingerprint density at radius 1 is 1.19 bits per heavy atom. The van der Waals surface area contributed by atoms with Crippen molar-refractivity contribution in [3.8, 4) is 11.3 Å². The molecule has 3 atom stereocenters. The maximum absolute atomic E-state index is 14.7. The van der Waals surface area contributed by atoms with Crippen molar-refractivity contribution in [3.05, 3.63) is 63.2 Å². The van der Waals surface area contributed by atoms with Crippen molar-refractivity contribution in [1.29, 1.82) is 0 Å². The Labute approximate surface area is 223 Å². The first-order valence-electron chi connectivity index (χ1n) is 12.5. The van der Waals surface area contributed by atoms with Gasteiger partial charge in [-0.3, -0.25) is 0 Å². The minimum atomic E-state index is -0.603. The fraction of sp³-hybridized carbons (Fsp3) is 0.444.